The molecule has 0 saturated carbocycles. The van der Waals surface area contributed by atoms with Gasteiger partial charge in [-0.1, -0.05) is 18.2 Å². The zero-order valence-corrected chi connectivity index (χ0v) is 15.1. The molecule has 6 heteroatoms. The fourth-order valence-corrected chi connectivity index (χ4v) is 4.22. The van der Waals surface area contributed by atoms with E-state index in [4.69, 9.17) is 4.74 Å². The third kappa shape index (κ3) is 2.93. The van der Waals surface area contributed by atoms with E-state index in [-0.39, 0.29) is 15.8 Å². The van der Waals surface area contributed by atoms with E-state index in [0.717, 1.165) is 16.5 Å². The number of nitrogens with zero attached hydrogens (tertiary/aromatic N) is 1. The van der Waals surface area contributed by atoms with Crippen molar-refractivity contribution >= 4 is 26.7 Å². The zero-order chi connectivity index (χ0) is 18.2. The van der Waals surface area contributed by atoms with E-state index in [1.54, 1.807) is 60.0 Å². The second-order valence-electron chi connectivity index (χ2n) is 5.91. The minimum Gasteiger partial charge on any atom is -0.467 e. The first-order valence-electron chi connectivity index (χ1n) is 7.85. The molecule has 5 nitrogen and oxygen atoms in total. The molecule has 0 radical (unpaired) electrons. The van der Waals surface area contributed by atoms with Gasteiger partial charge in [0.1, 0.15) is 6.04 Å². The number of fused-ring (bicyclic) bond motifs is 1. The van der Waals surface area contributed by atoms with Crippen LogP contribution < -0.4 is 0 Å². The molecule has 0 aliphatic heterocycles. The number of carbonyl (C=O) groups excluding carboxylic acids is 1. The summed E-state index contributed by atoms with van der Waals surface area (Å²) >= 11 is 0. The predicted octanol–water partition coefficient (Wildman–Crippen LogP) is 3.52. The molecular weight excluding hydrogens is 338 g/mol. The first-order valence-corrected chi connectivity index (χ1v) is 9.33. The van der Waals surface area contributed by atoms with Gasteiger partial charge in [-0.25, -0.2) is 13.2 Å². The molecule has 1 atom stereocenters. The maximum Gasteiger partial charge on any atom is 0.328 e. The number of sulfone groups is 1. The summed E-state index contributed by atoms with van der Waals surface area (Å²) in [6, 6.07) is 12.8. The summed E-state index contributed by atoms with van der Waals surface area (Å²) in [5.74, 6) is -0.349. The average molecular weight is 357 g/mol. The van der Waals surface area contributed by atoms with Crippen molar-refractivity contribution in [3.05, 3.63) is 60.3 Å². The molecule has 1 aromatic heterocycles. The van der Waals surface area contributed by atoms with Crippen molar-refractivity contribution in [2.45, 2.75) is 29.7 Å². The molecule has 2 aromatic carbocycles. The van der Waals surface area contributed by atoms with Crippen molar-refractivity contribution in [2.75, 3.05) is 7.11 Å². The number of aromatic nitrogens is 1. The Labute approximate surface area is 146 Å². The van der Waals surface area contributed by atoms with Crippen LogP contribution in [0.3, 0.4) is 0 Å². The number of carbonyl (C=O) groups is 1. The molecule has 0 aliphatic carbocycles. The fraction of sp³-hybridized carbons (Fsp3) is 0.211. The number of rotatable bonds is 4. The SMILES string of the molecule is COC(=O)C(C)n1cc(C)c2cc(S(=O)(=O)c3ccccc3)ccc21. The quantitative estimate of drug-likeness (QED) is 0.670. The molecule has 0 fully saturated rings. The van der Waals surface area contributed by atoms with Crippen LogP contribution >= 0.6 is 0 Å². The van der Waals surface area contributed by atoms with Gasteiger partial charge < -0.3 is 9.30 Å². The summed E-state index contributed by atoms with van der Waals surface area (Å²) < 4.78 is 32.2. The summed E-state index contributed by atoms with van der Waals surface area (Å²) in [5, 5.41) is 0.799. The lowest BCUT2D eigenvalue weighted by Crippen LogP contribution is -2.16. The van der Waals surface area contributed by atoms with Crippen molar-refractivity contribution in [3.63, 3.8) is 0 Å². The molecule has 0 amide bonds. The Kier molecular flexibility index (Phi) is 4.39. The Morgan fingerprint density at radius 2 is 1.76 bits per heavy atom. The van der Waals surface area contributed by atoms with Crippen LogP contribution in [0, 0.1) is 6.92 Å². The maximum absolute atomic E-state index is 12.8. The van der Waals surface area contributed by atoms with E-state index in [0.29, 0.717) is 0 Å². The van der Waals surface area contributed by atoms with E-state index in [9.17, 15) is 13.2 Å². The molecule has 1 heterocycles. The number of hydrogen-bond acceptors (Lipinski definition) is 4. The van der Waals surface area contributed by atoms with E-state index in [2.05, 4.69) is 0 Å². The summed E-state index contributed by atoms with van der Waals surface area (Å²) in [4.78, 5) is 12.3. The highest BCUT2D eigenvalue weighted by molar-refractivity contribution is 7.91. The molecular formula is C19H19NO4S. The van der Waals surface area contributed by atoms with Crippen molar-refractivity contribution < 1.29 is 17.9 Å². The lowest BCUT2D eigenvalue weighted by Gasteiger charge is -2.13. The summed E-state index contributed by atoms with van der Waals surface area (Å²) in [5.41, 5.74) is 1.69. The molecule has 0 spiro atoms. The van der Waals surface area contributed by atoms with Crippen LogP contribution in [0.2, 0.25) is 0 Å². The third-order valence-electron chi connectivity index (χ3n) is 4.33. The van der Waals surface area contributed by atoms with E-state index in [1.165, 1.54) is 7.11 Å². The largest absolute Gasteiger partial charge is 0.467 e. The van der Waals surface area contributed by atoms with Gasteiger partial charge in [0, 0.05) is 17.1 Å². The van der Waals surface area contributed by atoms with Crippen molar-refractivity contribution in [3.8, 4) is 0 Å². The van der Waals surface area contributed by atoms with Crippen LogP contribution in [-0.4, -0.2) is 26.1 Å². The Hall–Kier alpha value is -2.60. The number of methoxy groups -OCH3 is 1. The number of aryl methyl sites for hydroxylation is 1. The van der Waals surface area contributed by atoms with Gasteiger partial charge >= 0.3 is 5.97 Å². The fourth-order valence-electron chi connectivity index (χ4n) is 2.91. The minimum atomic E-state index is -3.58. The standard InChI is InChI=1S/C19H19NO4S/c1-13-12-20(14(2)19(21)24-3)18-10-9-16(11-17(13)18)25(22,23)15-7-5-4-6-8-15/h4-12,14H,1-3H3. The van der Waals surface area contributed by atoms with Gasteiger partial charge in [-0.05, 0) is 49.7 Å². The van der Waals surface area contributed by atoms with E-state index >= 15 is 0 Å². The normalized spacial score (nSPS) is 12.9. The predicted molar refractivity (Wildman–Crippen MR) is 95.3 cm³/mol. The molecule has 3 aromatic rings. The first kappa shape index (κ1) is 17.2. The van der Waals surface area contributed by atoms with E-state index in [1.807, 2.05) is 13.1 Å². The molecule has 1 unspecified atom stereocenters. The number of esters is 1. The van der Waals surface area contributed by atoms with Crippen LogP contribution in [0.25, 0.3) is 10.9 Å². The summed E-state index contributed by atoms with van der Waals surface area (Å²) in [6.45, 7) is 3.64. The average Bonchev–Trinajstić information content (AvgIpc) is 2.97. The molecule has 0 aliphatic rings. The number of benzene rings is 2. The minimum absolute atomic E-state index is 0.234. The van der Waals surface area contributed by atoms with Crippen molar-refractivity contribution in [1.29, 1.82) is 0 Å². The molecule has 130 valence electrons. The lowest BCUT2D eigenvalue weighted by atomic mass is 10.2. The third-order valence-corrected chi connectivity index (χ3v) is 6.09. The van der Waals surface area contributed by atoms with Crippen LogP contribution in [0.1, 0.15) is 18.5 Å². The topological polar surface area (TPSA) is 65.4 Å². The van der Waals surface area contributed by atoms with Crippen LogP contribution in [0.5, 0.6) is 0 Å². The maximum atomic E-state index is 12.8. The molecule has 0 saturated heterocycles. The van der Waals surface area contributed by atoms with Gasteiger partial charge in [0.05, 0.1) is 16.9 Å². The second kappa shape index (κ2) is 6.37. The van der Waals surface area contributed by atoms with Crippen molar-refractivity contribution in [1.82, 2.24) is 4.57 Å². The van der Waals surface area contributed by atoms with Gasteiger partial charge in [0.25, 0.3) is 0 Å². The van der Waals surface area contributed by atoms with Gasteiger partial charge in [-0.3, -0.25) is 0 Å². The zero-order valence-electron chi connectivity index (χ0n) is 14.3. The highest BCUT2D eigenvalue weighted by atomic mass is 32.2. The van der Waals surface area contributed by atoms with Crippen molar-refractivity contribution in [2.24, 2.45) is 0 Å². The Balaban J connectivity index is 2.14. The smallest absolute Gasteiger partial charge is 0.328 e. The first-order chi connectivity index (χ1) is 11.9. The van der Waals surface area contributed by atoms with Crippen LogP contribution in [0.4, 0.5) is 0 Å². The molecule has 3 rings (SSSR count). The monoisotopic (exact) mass is 357 g/mol. The number of hydrogen-bond donors (Lipinski definition) is 0. The van der Waals surface area contributed by atoms with Crippen LogP contribution in [0.15, 0.2) is 64.5 Å². The number of ether oxygens (including phenoxy) is 1. The molecule has 0 N–H and O–H groups in total. The Morgan fingerprint density at radius 1 is 1.08 bits per heavy atom. The van der Waals surface area contributed by atoms with E-state index < -0.39 is 15.9 Å². The highest BCUT2D eigenvalue weighted by Gasteiger charge is 2.21. The molecule has 0 bridgehead atoms. The Bertz CT molecular complexity index is 1040. The Morgan fingerprint density at radius 3 is 2.40 bits per heavy atom. The second-order valence-corrected chi connectivity index (χ2v) is 7.86. The van der Waals surface area contributed by atoms with Crippen LogP contribution in [-0.2, 0) is 19.4 Å². The van der Waals surface area contributed by atoms with Gasteiger partial charge in [0.2, 0.25) is 9.84 Å². The van der Waals surface area contributed by atoms with Gasteiger partial charge in [-0.15, -0.1) is 0 Å². The van der Waals surface area contributed by atoms with Gasteiger partial charge in [-0.2, -0.15) is 0 Å². The lowest BCUT2D eigenvalue weighted by molar-refractivity contribution is -0.143. The van der Waals surface area contributed by atoms with Gasteiger partial charge in [0.15, 0.2) is 0 Å². The summed E-state index contributed by atoms with van der Waals surface area (Å²) in [6.07, 6.45) is 1.84. The highest BCUT2D eigenvalue weighted by Crippen LogP contribution is 2.29. The summed E-state index contributed by atoms with van der Waals surface area (Å²) in [7, 11) is -2.23. The molecule has 25 heavy (non-hydrogen) atoms.